The van der Waals surface area contributed by atoms with Gasteiger partial charge in [0.2, 0.25) is 5.91 Å². The van der Waals surface area contributed by atoms with Gasteiger partial charge in [-0.15, -0.1) is 0 Å². The predicted octanol–water partition coefficient (Wildman–Crippen LogP) is 3.22. The Kier molecular flexibility index (Phi) is 6.06. The molecular weight excluding hydrogens is 388 g/mol. The molecule has 2 aromatic rings. The Morgan fingerprint density at radius 3 is 2.59 bits per heavy atom. The Bertz CT molecular complexity index is 960. The summed E-state index contributed by atoms with van der Waals surface area (Å²) < 4.78 is 39.5. The van der Waals surface area contributed by atoms with Crippen molar-refractivity contribution in [2.45, 2.75) is 20.0 Å². The van der Waals surface area contributed by atoms with Gasteiger partial charge in [0.15, 0.2) is 23.9 Å². The Morgan fingerprint density at radius 2 is 1.86 bits per heavy atom. The molecule has 0 fully saturated rings. The fourth-order valence-electron chi connectivity index (χ4n) is 2.80. The minimum atomic E-state index is -3.04. The molecule has 7 nitrogen and oxygen atoms in total. The summed E-state index contributed by atoms with van der Waals surface area (Å²) in [4.78, 5) is 35.9. The van der Waals surface area contributed by atoms with E-state index < -0.39 is 25.0 Å². The molecule has 0 aromatic heterocycles. The maximum Gasteiger partial charge on any atom is 0.387 e. The number of fused-ring (bicyclic) bond motifs is 1. The van der Waals surface area contributed by atoms with Crippen LogP contribution in [0.3, 0.4) is 0 Å². The molecule has 2 aromatic carbocycles. The molecule has 3 rings (SSSR count). The number of halogens is 2. The second kappa shape index (κ2) is 8.68. The Hall–Kier alpha value is -3.49. The molecule has 1 aliphatic heterocycles. The monoisotopic (exact) mass is 405 g/mol. The summed E-state index contributed by atoms with van der Waals surface area (Å²) in [7, 11) is 0. The van der Waals surface area contributed by atoms with E-state index in [4.69, 9.17) is 9.47 Å². The van der Waals surface area contributed by atoms with Crippen molar-refractivity contribution in [3.05, 3.63) is 53.1 Å². The van der Waals surface area contributed by atoms with Gasteiger partial charge in [0.1, 0.15) is 0 Å². The maximum atomic E-state index is 12.4. The first kappa shape index (κ1) is 20.2. The SMILES string of the molecule is CCOc1cc(C(=O)OCC(=O)c2ccc3c(c2)CC(=O)N3)ccc1OC(F)F. The first-order valence-electron chi connectivity index (χ1n) is 8.72. The summed E-state index contributed by atoms with van der Waals surface area (Å²) in [6, 6.07) is 8.34. The lowest BCUT2D eigenvalue weighted by atomic mass is 10.1. The number of benzene rings is 2. The van der Waals surface area contributed by atoms with E-state index in [1.54, 1.807) is 19.1 Å². The van der Waals surface area contributed by atoms with Gasteiger partial charge in [-0.25, -0.2) is 4.79 Å². The first-order valence-corrected chi connectivity index (χ1v) is 8.72. The molecular formula is C20H17F2NO6. The quantitative estimate of drug-likeness (QED) is 0.536. The minimum absolute atomic E-state index is 0.0200. The molecule has 0 aliphatic carbocycles. The van der Waals surface area contributed by atoms with Gasteiger partial charge in [0, 0.05) is 11.3 Å². The van der Waals surface area contributed by atoms with Gasteiger partial charge in [0.25, 0.3) is 0 Å². The van der Waals surface area contributed by atoms with Gasteiger partial charge >= 0.3 is 12.6 Å². The number of amides is 1. The van der Waals surface area contributed by atoms with Gasteiger partial charge in [-0.2, -0.15) is 8.78 Å². The van der Waals surface area contributed by atoms with Crippen LogP contribution in [0, 0.1) is 0 Å². The zero-order valence-electron chi connectivity index (χ0n) is 15.4. The number of esters is 1. The normalized spacial score (nSPS) is 12.3. The first-order chi connectivity index (χ1) is 13.9. The number of rotatable bonds is 8. The van der Waals surface area contributed by atoms with Crippen molar-refractivity contribution in [1.82, 2.24) is 0 Å². The van der Waals surface area contributed by atoms with Crippen molar-refractivity contribution >= 4 is 23.3 Å². The van der Waals surface area contributed by atoms with E-state index in [1.165, 1.54) is 24.3 Å². The van der Waals surface area contributed by atoms with E-state index in [9.17, 15) is 23.2 Å². The van der Waals surface area contributed by atoms with Crippen molar-refractivity contribution < 1.29 is 37.4 Å². The average Bonchev–Trinajstić information content (AvgIpc) is 3.06. The number of Topliss-reactive ketones (excluding diaryl/α,β-unsaturated/α-hetero) is 1. The molecule has 1 amide bonds. The number of nitrogens with one attached hydrogen (secondary N) is 1. The van der Waals surface area contributed by atoms with Gasteiger partial charge in [-0.3, -0.25) is 9.59 Å². The van der Waals surface area contributed by atoms with Crippen LogP contribution < -0.4 is 14.8 Å². The van der Waals surface area contributed by atoms with Gasteiger partial charge in [-0.1, -0.05) is 0 Å². The Morgan fingerprint density at radius 1 is 1.10 bits per heavy atom. The number of hydrogen-bond donors (Lipinski definition) is 1. The minimum Gasteiger partial charge on any atom is -0.490 e. The van der Waals surface area contributed by atoms with Crippen molar-refractivity contribution in [3.63, 3.8) is 0 Å². The fraction of sp³-hybridized carbons (Fsp3) is 0.250. The number of alkyl halides is 2. The summed E-state index contributed by atoms with van der Waals surface area (Å²) in [6.07, 6.45) is 0.184. The van der Waals surface area contributed by atoms with E-state index in [0.717, 1.165) is 0 Å². The lowest BCUT2D eigenvalue weighted by Gasteiger charge is -2.12. The topological polar surface area (TPSA) is 90.9 Å². The molecule has 0 saturated heterocycles. The largest absolute Gasteiger partial charge is 0.490 e. The Balaban J connectivity index is 1.66. The zero-order valence-corrected chi connectivity index (χ0v) is 15.4. The van der Waals surface area contributed by atoms with Crippen LogP contribution in [0.15, 0.2) is 36.4 Å². The van der Waals surface area contributed by atoms with E-state index >= 15 is 0 Å². The van der Waals surface area contributed by atoms with Crippen LogP contribution in [-0.2, 0) is 16.0 Å². The van der Waals surface area contributed by atoms with E-state index in [0.29, 0.717) is 16.8 Å². The molecule has 152 valence electrons. The highest BCUT2D eigenvalue weighted by Crippen LogP contribution is 2.30. The molecule has 0 atom stereocenters. The summed E-state index contributed by atoms with van der Waals surface area (Å²) in [5.74, 6) is -1.66. The number of ether oxygens (including phenoxy) is 3. The summed E-state index contributed by atoms with van der Waals surface area (Å²) in [6.45, 7) is -1.73. The van der Waals surface area contributed by atoms with Crippen molar-refractivity contribution in [3.8, 4) is 11.5 Å². The molecule has 0 spiro atoms. The van der Waals surface area contributed by atoms with Gasteiger partial charge in [-0.05, 0) is 48.9 Å². The maximum absolute atomic E-state index is 12.4. The highest BCUT2D eigenvalue weighted by molar-refractivity contribution is 6.03. The number of carbonyl (C=O) groups is 3. The summed E-state index contributed by atoms with van der Waals surface area (Å²) >= 11 is 0. The van der Waals surface area contributed by atoms with Gasteiger partial charge in [0.05, 0.1) is 18.6 Å². The van der Waals surface area contributed by atoms with Crippen molar-refractivity contribution in [2.24, 2.45) is 0 Å². The highest BCUT2D eigenvalue weighted by atomic mass is 19.3. The number of carbonyl (C=O) groups excluding carboxylic acids is 3. The van der Waals surface area contributed by atoms with Crippen molar-refractivity contribution in [1.29, 1.82) is 0 Å². The Labute approximate surface area is 164 Å². The van der Waals surface area contributed by atoms with Crippen LogP contribution in [-0.4, -0.2) is 37.5 Å². The van der Waals surface area contributed by atoms with Crippen LogP contribution >= 0.6 is 0 Å². The summed E-state index contributed by atoms with van der Waals surface area (Å²) in [5.41, 5.74) is 1.68. The van der Waals surface area contributed by atoms with E-state index in [-0.39, 0.29) is 36.0 Å². The molecule has 0 saturated carbocycles. The third kappa shape index (κ3) is 4.87. The second-order valence-electron chi connectivity index (χ2n) is 6.07. The van der Waals surface area contributed by atoms with E-state index in [2.05, 4.69) is 10.1 Å². The van der Waals surface area contributed by atoms with Crippen LogP contribution in [0.2, 0.25) is 0 Å². The number of ketones is 1. The number of anilines is 1. The van der Waals surface area contributed by atoms with Crippen LogP contribution in [0.5, 0.6) is 11.5 Å². The van der Waals surface area contributed by atoms with Crippen LogP contribution in [0.1, 0.15) is 33.2 Å². The molecule has 0 bridgehead atoms. The summed E-state index contributed by atoms with van der Waals surface area (Å²) in [5, 5.41) is 2.66. The lowest BCUT2D eigenvalue weighted by molar-refractivity contribution is -0.115. The van der Waals surface area contributed by atoms with Crippen molar-refractivity contribution in [2.75, 3.05) is 18.5 Å². The predicted molar refractivity (Wildman–Crippen MR) is 97.6 cm³/mol. The molecule has 1 heterocycles. The third-order valence-corrected chi connectivity index (χ3v) is 4.08. The smallest absolute Gasteiger partial charge is 0.387 e. The zero-order chi connectivity index (χ0) is 21.0. The lowest BCUT2D eigenvalue weighted by Crippen LogP contribution is -2.15. The molecule has 9 heteroatoms. The second-order valence-corrected chi connectivity index (χ2v) is 6.07. The number of hydrogen-bond acceptors (Lipinski definition) is 6. The fourth-order valence-corrected chi connectivity index (χ4v) is 2.80. The molecule has 0 radical (unpaired) electrons. The molecule has 1 N–H and O–H groups in total. The third-order valence-electron chi connectivity index (χ3n) is 4.08. The average molecular weight is 405 g/mol. The molecule has 0 unspecified atom stereocenters. The van der Waals surface area contributed by atoms with Gasteiger partial charge < -0.3 is 19.5 Å². The van der Waals surface area contributed by atoms with Crippen LogP contribution in [0.4, 0.5) is 14.5 Å². The highest BCUT2D eigenvalue weighted by Gasteiger charge is 2.20. The standard InChI is InChI=1S/C20H17F2NO6/c1-2-27-17-8-12(4-6-16(17)29-20(21)22)19(26)28-10-15(24)11-3-5-14-13(7-11)9-18(25)23-14/h3-8,20H,2,9-10H2,1H3,(H,23,25). The molecule has 1 aliphatic rings. The van der Waals surface area contributed by atoms with Crippen LogP contribution in [0.25, 0.3) is 0 Å². The molecule has 29 heavy (non-hydrogen) atoms. The van der Waals surface area contributed by atoms with E-state index in [1.807, 2.05) is 0 Å².